The van der Waals surface area contributed by atoms with Crippen molar-refractivity contribution >= 4 is 37.7 Å². The van der Waals surface area contributed by atoms with E-state index in [2.05, 4.69) is 25.4 Å². The summed E-state index contributed by atoms with van der Waals surface area (Å²) in [7, 11) is -3.78. The fraction of sp³-hybridized carbons (Fsp3) is 0.273. The molecule has 1 aromatic rings. The number of rotatable bonds is 6. The number of Topliss-reactive ketones (excluding diaryl/α,β-unsaturated/α-hetero) is 1. The Balaban J connectivity index is 2.61. The zero-order valence-electron chi connectivity index (χ0n) is 10.1. The average molecular weight is 350 g/mol. The van der Waals surface area contributed by atoms with Crippen LogP contribution in [-0.4, -0.2) is 33.3 Å². The third-order valence-corrected chi connectivity index (χ3v) is 3.84. The Morgan fingerprint density at radius 2 is 2.05 bits per heavy atom. The number of nitrogens with one attached hydrogen (secondary N) is 1. The van der Waals surface area contributed by atoms with Crippen molar-refractivity contribution in [2.45, 2.75) is 11.8 Å². The average Bonchev–Trinajstić information content (AvgIpc) is 2.34. The maximum atomic E-state index is 11.8. The molecule has 0 aliphatic heterocycles. The molecule has 0 fully saturated rings. The molecule has 0 spiro atoms. The second-order valence-corrected chi connectivity index (χ2v) is 6.33. The number of hydrogen-bond donors (Lipinski definition) is 1. The van der Waals surface area contributed by atoms with Gasteiger partial charge in [0.2, 0.25) is 10.0 Å². The standard InChI is InChI=1S/C11H12BrNO5S/c1-8(14)7-18-11(15)6-13-19(16,17)10-4-2-3-9(12)5-10/h2-5,13H,6-7H2,1H3. The minimum atomic E-state index is -3.78. The Morgan fingerprint density at radius 1 is 1.37 bits per heavy atom. The van der Waals surface area contributed by atoms with Crippen LogP contribution >= 0.6 is 15.9 Å². The van der Waals surface area contributed by atoms with Crippen molar-refractivity contribution in [3.05, 3.63) is 28.7 Å². The smallest absolute Gasteiger partial charge is 0.321 e. The highest BCUT2D eigenvalue weighted by atomic mass is 79.9. The summed E-state index contributed by atoms with van der Waals surface area (Å²) in [6.45, 7) is 0.374. The van der Waals surface area contributed by atoms with Crippen LogP contribution in [0.15, 0.2) is 33.6 Å². The van der Waals surface area contributed by atoms with Crippen molar-refractivity contribution in [3.8, 4) is 0 Å². The molecule has 1 N–H and O–H groups in total. The fourth-order valence-electron chi connectivity index (χ4n) is 1.10. The molecule has 0 bridgehead atoms. The number of carbonyl (C=O) groups is 2. The van der Waals surface area contributed by atoms with Crippen LogP contribution in [0.3, 0.4) is 0 Å². The van der Waals surface area contributed by atoms with E-state index in [-0.39, 0.29) is 17.3 Å². The highest BCUT2D eigenvalue weighted by Gasteiger charge is 2.16. The van der Waals surface area contributed by atoms with Crippen LogP contribution in [-0.2, 0) is 24.3 Å². The summed E-state index contributed by atoms with van der Waals surface area (Å²) in [4.78, 5) is 21.8. The van der Waals surface area contributed by atoms with Gasteiger partial charge in [-0.05, 0) is 25.1 Å². The van der Waals surface area contributed by atoms with Crippen molar-refractivity contribution in [2.75, 3.05) is 13.2 Å². The summed E-state index contributed by atoms with van der Waals surface area (Å²) in [5.41, 5.74) is 0. The quantitative estimate of drug-likeness (QED) is 0.769. The summed E-state index contributed by atoms with van der Waals surface area (Å²) in [5.74, 6) is -1.13. The van der Waals surface area contributed by atoms with Crippen molar-refractivity contribution in [3.63, 3.8) is 0 Å². The van der Waals surface area contributed by atoms with Gasteiger partial charge >= 0.3 is 5.97 Å². The maximum absolute atomic E-state index is 11.8. The summed E-state index contributed by atoms with van der Waals surface area (Å²) in [6.07, 6.45) is 0. The van der Waals surface area contributed by atoms with Crippen LogP contribution in [0.1, 0.15) is 6.92 Å². The van der Waals surface area contributed by atoms with E-state index in [0.29, 0.717) is 4.47 Å². The van der Waals surface area contributed by atoms with Crippen molar-refractivity contribution in [1.82, 2.24) is 4.72 Å². The van der Waals surface area contributed by atoms with Gasteiger partial charge in [0, 0.05) is 4.47 Å². The molecule has 0 atom stereocenters. The number of sulfonamides is 1. The van der Waals surface area contributed by atoms with Crippen LogP contribution in [0.5, 0.6) is 0 Å². The molecule has 6 nitrogen and oxygen atoms in total. The van der Waals surface area contributed by atoms with Gasteiger partial charge in [-0.15, -0.1) is 0 Å². The summed E-state index contributed by atoms with van der Waals surface area (Å²) >= 11 is 3.15. The Kier molecular flexibility index (Phi) is 5.64. The molecule has 0 heterocycles. The van der Waals surface area contributed by atoms with E-state index in [1.165, 1.54) is 19.1 Å². The molecule has 0 saturated carbocycles. The Hall–Kier alpha value is -1.25. The predicted molar refractivity (Wildman–Crippen MR) is 71.0 cm³/mol. The summed E-state index contributed by atoms with van der Waals surface area (Å²) in [6, 6.07) is 6.05. The number of benzene rings is 1. The SMILES string of the molecule is CC(=O)COC(=O)CNS(=O)(=O)c1cccc(Br)c1. The van der Waals surface area contributed by atoms with Crippen molar-refractivity contribution in [1.29, 1.82) is 0 Å². The van der Waals surface area contributed by atoms with Crippen LogP contribution < -0.4 is 4.72 Å². The van der Waals surface area contributed by atoms with Gasteiger partial charge in [0.05, 0.1) is 4.90 Å². The topological polar surface area (TPSA) is 89.5 Å². The van der Waals surface area contributed by atoms with Gasteiger partial charge in [0.25, 0.3) is 0 Å². The zero-order valence-corrected chi connectivity index (χ0v) is 12.5. The van der Waals surface area contributed by atoms with Crippen molar-refractivity contribution in [2.24, 2.45) is 0 Å². The van der Waals surface area contributed by atoms with Gasteiger partial charge < -0.3 is 4.74 Å². The molecule has 0 aliphatic carbocycles. The van der Waals surface area contributed by atoms with Crippen LogP contribution in [0.2, 0.25) is 0 Å². The second kappa shape index (κ2) is 6.78. The summed E-state index contributed by atoms with van der Waals surface area (Å²) in [5, 5.41) is 0. The van der Waals surface area contributed by atoms with Gasteiger partial charge in [0.15, 0.2) is 5.78 Å². The Bertz CT molecular complexity index is 585. The third-order valence-electron chi connectivity index (χ3n) is 1.95. The molecular weight excluding hydrogens is 338 g/mol. The first-order chi connectivity index (χ1) is 8.81. The number of carbonyl (C=O) groups excluding carboxylic acids is 2. The molecule has 1 aromatic carbocycles. The van der Waals surface area contributed by atoms with Crippen LogP contribution in [0.4, 0.5) is 0 Å². The molecule has 0 radical (unpaired) electrons. The number of halogens is 1. The molecule has 8 heteroatoms. The van der Waals surface area contributed by atoms with Crippen molar-refractivity contribution < 1.29 is 22.7 Å². The van der Waals surface area contributed by atoms with E-state index < -0.39 is 22.5 Å². The first-order valence-electron chi connectivity index (χ1n) is 5.21. The molecule has 19 heavy (non-hydrogen) atoms. The van der Waals surface area contributed by atoms with E-state index in [0.717, 1.165) is 0 Å². The van der Waals surface area contributed by atoms with E-state index in [1.54, 1.807) is 12.1 Å². The number of esters is 1. The molecule has 1 rings (SSSR count). The number of ether oxygens (including phenoxy) is 1. The number of hydrogen-bond acceptors (Lipinski definition) is 5. The molecule has 0 amide bonds. The van der Waals surface area contributed by atoms with E-state index in [1.807, 2.05) is 0 Å². The molecule has 0 aromatic heterocycles. The predicted octanol–water partition coefficient (Wildman–Crippen LogP) is 0.860. The van der Waals surface area contributed by atoms with Gasteiger partial charge in [0.1, 0.15) is 13.2 Å². The zero-order chi connectivity index (χ0) is 14.5. The number of ketones is 1. The van der Waals surface area contributed by atoms with E-state index in [9.17, 15) is 18.0 Å². The first-order valence-corrected chi connectivity index (χ1v) is 7.49. The molecule has 104 valence electrons. The monoisotopic (exact) mass is 349 g/mol. The molecule has 0 unspecified atom stereocenters. The van der Waals surface area contributed by atoms with Crippen LogP contribution in [0.25, 0.3) is 0 Å². The highest BCUT2D eigenvalue weighted by Crippen LogP contribution is 2.15. The minimum Gasteiger partial charge on any atom is -0.457 e. The third kappa shape index (κ3) is 5.50. The lowest BCUT2D eigenvalue weighted by Gasteiger charge is -2.06. The second-order valence-electron chi connectivity index (χ2n) is 3.64. The molecular formula is C11H12BrNO5S. The minimum absolute atomic E-state index is 0.0289. The largest absolute Gasteiger partial charge is 0.457 e. The first kappa shape index (κ1) is 15.8. The van der Waals surface area contributed by atoms with Gasteiger partial charge in [-0.2, -0.15) is 4.72 Å². The normalized spacial score (nSPS) is 11.1. The fourth-order valence-corrected chi connectivity index (χ4v) is 2.67. The van der Waals surface area contributed by atoms with E-state index in [4.69, 9.17) is 0 Å². The summed E-state index contributed by atoms with van der Waals surface area (Å²) < 4.78 is 30.9. The lowest BCUT2D eigenvalue weighted by Crippen LogP contribution is -2.31. The van der Waals surface area contributed by atoms with Gasteiger partial charge in [-0.1, -0.05) is 22.0 Å². The lowest BCUT2D eigenvalue weighted by atomic mass is 10.4. The van der Waals surface area contributed by atoms with Gasteiger partial charge in [-0.25, -0.2) is 8.42 Å². The lowest BCUT2D eigenvalue weighted by molar-refractivity contribution is -0.146. The van der Waals surface area contributed by atoms with Crippen LogP contribution in [0, 0.1) is 0 Å². The maximum Gasteiger partial charge on any atom is 0.321 e. The molecule has 0 aliphatic rings. The van der Waals surface area contributed by atoms with E-state index >= 15 is 0 Å². The Labute approximate surface area is 119 Å². The Morgan fingerprint density at radius 3 is 2.63 bits per heavy atom. The highest BCUT2D eigenvalue weighted by molar-refractivity contribution is 9.10. The van der Waals surface area contributed by atoms with Gasteiger partial charge in [-0.3, -0.25) is 9.59 Å². The molecule has 0 saturated heterocycles.